The average Bonchev–Trinajstić information content (AvgIpc) is 3.37. The van der Waals surface area contributed by atoms with E-state index in [1.807, 2.05) is 0 Å². The number of anilines is 2. The van der Waals surface area contributed by atoms with Crippen molar-refractivity contribution in [3.8, 4) is 17.2 Å². The SMILES string of the molecule is O=C(Cc1ccc(-n2nccc2NC(=O)Nc2ccc(Oc3ccncc3)cc2)cc1)NCC(O)CO. The summed E-state index contributed by atoms with van der Waals surface area (Å²) in [6.45, 7) is -0.428. The fraction of sp³-hybridized carbons (Fsp3) is 0.154. The monoisotopic (exact) mass is 502 g/mol. The van der Waals surface area contributed by atoms with Crippen LogP contribution < -0.4 is 20.7 Å². The lowest BCUT2D eigenvalue weighted by Gasteiger charge is -2.12. The summed E-state index contributed by atoms with van der Waals surface area (Å²) in [7, 11) is 0. The predicted molar refractivity (Wildman–Crippen MR) is 137 cm³/mol. The van der Waals surface area contributed by atoms with Crippen LogP contribution in [0.2, 0.25) is 0 Å². The third kappa shape index (κ3) is 7.37. The molecule has 2 heterocycles. The maximum Gasteiger partial charge on any atom is 0.324 e. The fourth-order valence-electron chi connectivity index (χ4n) is 3.33. The molecule has 5 N–H and O–H groups in total. The number of nitrogens with one attached hydrogen (secondary N) is 3. The molecular weight excluding hydrogens is 476 g/mol. The van der Waals surface area contributed by atoms with Crippen LogP contribution in [0.3, 0.4) is 0 Å². The van der Waals surface area contributed by atoms with Crippen molar-refractivity contribution in [2.45, 2.75) is 12.5 Å². The van der Waals surface area contributed by atoms with E-state index in [-0.39, 0.29) is 18.9 Å². The van der Waals surface area contributed by atoms with Crippen molar-refractivity contribution in [1.82, 2.24) is 20.1 Å². The van der Waals surface area contributed by atoms with Gasteiger partial charge in [-0.2, -0.15) is 5.10 Å². The number of carbonyl (C=O) groups excluding carboxylic acids is 2. The van der Waals surface area contributed by atoms with Crippen LogP contribution in [-0.2, 0) is 11.2 Å². The topological polar surface area (TPSA) is 151 Å². The number of hydrogen-bond donors (Lipinski definition) is 5. The summed E-state index contributed by atoms with van der Waals surface area (Å²) >= 11 is 0. The van der Waals surface area contributed by atoms with Gasteiger partial charge in [-0.05, 0) is 54.1 Å². The van der Waals surface area contributed by atoms with Crippen molar-refractivity contribution < 1.29 is 24.5 Å². The number of pyridine rings is 1. The highest BCUT2D eigenvalue weighted by Gasteiger charge is 2.11. The van der Waals surface area contributed by atoms with E-state index in [1.54, 1.807) is 90.0 Å². The Hall–Kier alpha value is -4.74. The fourth-order valence-corrected chi connectivity index (χ4v) is 3.33. The highest BCUT2D eigenvalue weighted by molar-refractivity contribution is 5.99. The van der Waals surface area contributed by atoms with E-state index < -0.39 is 18.7 Å². The van der Waals surface area contributed by atoms with Gasteiger partial charge in [0.1, 0.15) is 17.3 Å². The molecule has 0 saturated carbocycles. The molecule has 1 unspecified atom stereocenters. The Morgan fingerprint density at radius 1 is 0.892 bits per heavy atom. The van der Waals surface area contributed by atoms with Gasteiger partial charge in [0.2, 0.25) is 5.91 Å². The van der Waals surface area contributed by atoms with E-state index in [4.69, 9.17) is 9.84 Å². The summed E-state index contributed by atoms with van der Waals surface area (Å²) in [5, 5.41) is 30.5. The molecule has 0 saturated heterocycles. The zero-order valence-corrected chi connectivity index (χ0v) is 19.7. The Morgan fingerprint density at radius 2 is 1.59 bits per heavy atom. The summed E-state index contributed by atoms with van der Waals surface area (Å²) in [6, 6.07) is 18.8. The second kappa shape index (κ2) is 12.3. The minimum atomic E-state index is -0.986. The largest absolute Gasteiger partial charge is 0.457 e. The van der Waals surface area contributed by atoms with Crippen molar-refractivity contribution in [3.63, 3.8) is 0 Å². The first-order valence-corrected chi connectivity index (χ1v) is 11.4. The lowest BCUT2D eigenvalue weighted by Crippen LogP contribution is -2.34. The molecule has 0 aliphatic rings. The highest BCUT2D eigenvalue weighted by Crippen LogP contribution is 2.22. The van der Waals surface area contributed by atoms with Crippen LogP contribution in [-0.4, -0.2) is 56.2 Å². The molecule has 0 fully saturated rings. The number of aliphatic hydroxyl groups is 2. The molecule has 4 aromatic rings. The minimum absolute atomic E-state index is 0.0126. The maximum absolute atomic E-state index is 12.6. The van der Waals surface area contributed by atoms with Gasteiger partial charge in [0, 0.05) is 30.7 Å². The van der Waals surface area contributed by atoms with E-state index in [1.165, 1.54) is 0 Å². The first-order chi connectivity index (χ1) is 18.0. The summed E-state index contributed by atoms with van der Waals surface area (Å²) in [4.78, 5) is 28.5. The number of hydrogen-bond acceptors (Lipinski definition) is 7. The molecule has 0 bridgehead atoms. The van der Waals surface area contributed by atoms with E-state index in [0.29, 0.717) is 28.7 Å². The quantitative estimate of drug-likeness (QED) is 0.224. The number of rotatable bonds is 10. The van der Waals surface area contributed by atoms with Crippen molar-refractivity contribution in [2.75, 3.05) is 23.8 Å². The summed E-state index contributed by atoms with van der Waals surface area (Å²) in [6.07, 6.45) is 3.98. The molecule has 0 radical (unpaired) electrons. The van der Waals surface area contributed by atoms with Crippen molar-refractivity contribution in [3.05, 3.63) is 90.9 Å². The summed E-state index contributed by atoms with van der Waals surface area (Å²) < 4.78 is 7.28. The first-order valence-electron chi connectivity index (χ1n) is 11.4. The molecule has 190 valence electrons. The molecule has 3 amide bonds. The lowest BCUT2D eigenvalue weighted by atomic mass is 10.1. The third-order valence-corrected chi connectivity index (χ3v) is 5.17. The zero-order valence-electron chi connectivity index (χ0n) is 19.7. The molecule has 1 atom stereocenters. The molecule has 2 aromatic carbocycles. The predicted octanol–water partition coefficient (Wildman–Crippen LogP) is 2.72. The van der Waals surface area contributed by atoms with Gasteiger partial charge in [0.05, 0.1) is 31.0 Å². The van der Waals surface area contributed by atoms with Crippen LogP contribution in [0.15, 0.2) is 85.3 Å². The zero-order chi connectivity index (χ0) is 26.0. The average molecular weight is 503 g/mol. The lowest BCUT2D eigenvalue weighted by molar-refractivity contribution is -0.121. The molecule has 11 heteroatoms. The first kappa shape index (κ1) is 25.4. The highest BCUT2D eigenvalue weighted by atomic mass is 16.5. The number of aliphatic hydroxyl groups excluding tert-OH is 2. The number of urea groups is 1. The minimum Gasteiger partial charge on any atom is -0.457 e. The molecule has 37 heavy (non-hydrogen) atoms. The molecule has 0 aliphatic carbocycles. The smallest absolute Gasteiger partial charge is 0.324 e. The van der Waals surface area contributed by atoms with Crippen LogP contribution in [0.5, 0.6) is 11.5 Å². The van der Waals surface area contributed by atoms with E-state index in [2.05, 4.69) is 26.0 Å². The second-order valence-corrected chi connectivity index (χ2v) is 8.00. The number of benzene rings is 2. The Balaban J connectivity index is 1.32. The Bertz CT molecular complexity index is 1310. The van der Waals surface area contributed by atoms with Gasteiger partial charge < -0.3 is 25.6 Å². The van der Waals surface area contributed by atoms with Gasteiger partial charge in [-0.3, -0.25) is 15.1 Å². The van der Waals surface area contributed by atoms with Gasteiger partial charge in [0.15, 0.2) is 0 Å². The van der Waals surface area contributed by atoms with Gasteiger partial charge in [-0.1, -0.05) is 12.1 Å². The van der Waals surface area contributed by atoms with Gasteiger partial charge >= 0.3 is 6.03 Å². The number of amides is 3. The van der Waals surface area contributed by atoms with Crippen molar-refractivity contribution in [2.24, 2.45) is 0 Å². The number of nitrogens with zero attached hydrogens (tertiary/aromatic N) is 3. The molecule has 2 aromatic heterocycles. The summed E-state index contributed by atoms with van der Waals surface area (Å²) in [5.74, 6) is 1.48. The second-order valence-electron chi connectivity index (χ2n) is 8.00. The Labute approximate surface area is 212 Å². The van der Waals surface area contributed by atoms with Crippen LogP contribution >= 0.6 is 0 Å². The van der Waals surface area contributed by atoms with Crippen molar-refractivity contribution >= 4 is 23.4 Å². The van der Waals surface area contributed by atoms with E-state index in [0.717, 1.165) is 5.56 Å². The van der Waals surface area contributed by atoms with Gasteiger partial charge in [0.25, 0.3) is 0 Å². The molecular formula is C26H26N6O5. The standard InChI is InChI=1S/C26H26N6O5/c33-17-21(34)16-28-25(35)15-18-1-5-20(6-2-18)32-24(11-14-29-32)31-26(36)30-19-3-7-22(8-4-19)37-23-9-12-27-13-10-23/h1-14,21,33-34H,15-17H2,(H,28,35)(H2,30,31,36). The van der Waals surface area contributed by atoms with Gasteiger partial charge in [-0.15, -0.1) is 0 Å². The molecule has 4 rings (SSSR count). The van der Waals surface area contributed by atoms with Crippen LogP contribution in [0, 0.1) is 0 Å². The van der Waals surface area contributed by atoms with Crippen molar-refractivity contribution in [1.29, 1.82) is 0 Å². The van der Waals surface area contributed by atoms with Crippen LogP contribution in [0.1, 0.15) is 5.56 Å². The van der Waals surface area contributed by atoms with Crippen LogP contribution in [0.25, 0.3) is 5.69 Å². The summed E-state index contributed by atoms with van der Waals surface area (Å²) in [5.41, 5.74) is 2.04. The molecule has 11 nitrogen and oxygen atoms in total. The number of ether oxygens (including phenoxy) is 1. The normalized spacial score (nSPS) is 11.4. The number of carbonyl (C=O) groups is 2. The molecule has 0 aliphatic heterocycles. The van der Waals surface area contributed by atoms with E-state index >= 15 is 0 Å². The van der Waals surface area contributed by atoms with Gasteiger partial charge in [-0.25, -0.2) is 9.48 Å². The van der Waals surface area contributed by atoms with Crippen LogP contribution in [0.4, 0.5) is 16.3 Å². The van der Waals surface area contributed by atoms with E-state index in [9.17, 15) is 14.7 Å². The Morgan fingerprint density at radius 3 is 2.30 bits per heavy atom. The Kier molecular flexibility index (Phi) is 8.42. The molecule has 0 spiro atoms. The third-order valence-electron chi connectivity index (χ3n) is 5.17. The number of aromatic nitrogens is 3. The maximum atomic E-state index is 12.6.